The van der Waals surface area contributed by atoms with E-state index in [-0.39, 0.29) is 0 Å². The van der Waals surface area contributed by atoms with Crippen molar-refractivity contribution in [2.45, 2.75) is 64.3 Å². The summed E-state index contributed by atoms with van der Waals surface area (Å²) in [4.78, 5) is 7.11. The summed E-state index contributed by atoms with van der Waals surface area (Å²) < 4.78 is 0. The van der Waals surface area contributed by atoms with Gasteiger partial charge in [-0.1, -0.05) is 80.2 Å². The lowest BCUT2D eigenvalue weighted by molar-refractivity contribution is 0.286. The Balaban J connectivity index is 0.857. The molecule has 4 aromatic carbocycles. The smallest absolute Gasteiger partial charge is 0.128 e. The molecule has 47 heavy (non-hydrogen) atoms. The maximum absolute atomic E-state index is 4.57. The molecular formula is C42H49N5. The predicted octanol–water partition coefficient (Wildman–Crippen LogP) is 9.53. The molecule has 0 amide bonds. The Kier molecular flexibility index (Phi) is 9.32. The average molecular weight is 624 g/mol. The lowest BCUT2D eigenvalue weighted by atomic mass is 9.92. The van der Waals surface area contributed by atoms with Crippen molar-refractivity contribution in [3.8, 4) is 11.1 Å². The number of piperazine rings is 1. The fourth-order valence-corrected chi connectivity index (χ4v) is 7.62. The number of rotatable bonds is 10. The maximum atomic E-state index is 4.57. The molecule has 242 valence electrons. The Morgan fingerprint density at radius 3 is 1.96 bits per heavy atom. The Morgan fingerprint density at radius 1 is 0.723 bits per heavy atom. The van der Waals surface area contributed by atoms with Crippen LogP contribution in [-0.4, -0.2) is 43.6 Å². The van der Waals surface area contributed by atoms with Crippen LogP contribution < -0.4 is 14.7 Å². The molecule has 3 aliphatic rings. The highest BCUT2D eigenvalue weighted by Gasteiger charge is 2.26. The summed E-state index contributed by atoms with van der Waals surface area (Å²) in [6.07, 6.45) is 9.40. The molecule has 5 nitrogen and oxygen atoms in total. The Labute approximate surface area is 281 Å². The Hall–Kier alpha value is -4.51. The number of hydrogen-bond acceptors (Lipinski definition) is 5. The summed E-state index contributed by atoms with van der Waals surface area (Å²) in [5, 5.41) is 6.58. The van der Waals surface area contributed by atoms with Gasteiger partial charge in [-0.2, -0.15) is 5.10 Å². The normalized spacial score (nSPS) is 20.3. The van der Waals surface area contributed by atoms with Gasteiger partial charge in [0.1, 0.15) is 12.2 Å². The van der Waals surface area contributed by atoms with Crippen LogP contribution in [0.3, 0.4) is 0 Å². The van der Waals surface area contributed by atoms with Gasteiger partial charge in [-0.05, 0) is 116 Å². The quantitative estimate of drug-likeness (QED) is 0.176. The van der Waals surface area contributed by atoms with Gasteiger partial charge < -0.3 is 9.80 Å². The van der Waals surface area contributed by atoms with Gasteiger partial charge in [0.2, 0.25) is 0 Å². The topological polar surface area (TPSA) is 25.3 Å². The summed E-state index contributed by atoms with van der Waals surface area (Å²) in [6, 6.07) is 38.7. The zero-order valence-electron chi connectivity index (χ0n) is 28.1. The van der Waals surface area contributed by atoms with Crippen LogP contribution in [0.4, 0.5) is 17.1 Å². The van der Waals surface area contributed by atoms with Crippen LogP contribution in [0.2, 0.25) is 0 Å². The lowest BCUT2D eigenvalue weighted by Crippen LogP contribution is -2.46. The van der Waals surface area contributed by atoms with E-state index in [1.807, 2.05) is 11.3 Å². The minimum Gasteiger partial charge on any atom is -0.368 e. The van der Waals surface area contributed by atoms with E-state index in [0.29, 0.717) is 12.0 Å². The maximum Gasteiger partial charge on any atom is 0.128 e. The molecule has 5 heteroatoms. The number of nitrogens with zero attached hydrogens (tertiary/aromatic N) is 5. The molecule has 1 saturated carbocycles. The molecule has 0 bridgehead atoms. The lowest BCUT2D eigenvalue weighted by Gasteiger charge is -2.37. The molecule has 0 N–H and O–H groups in total. The fraction of sp³-hybridized carbons (Fsp3) is 0.357. The summed E-state index contributed by atoms with van der Waals surface area (Å²) in [6.45, 7) is 12.8. The van der Waals surface area contributed by atoms with Crippen molar-refractivity contribution in [3.63, 3.8) is 0 Å². The molecule has 2 aliphatic heterocycles. The summed E-state index contributed by atoms with van der Waals surface area (Å²) in [5.41, 5.74) is 9.34. The SMILES string of the molecule is C=C1N(c2ccc(N3CCN(c4ccc(CC[C@@H]5CCC(c6ccc(-c7ccccc7)cc6)C5)cc4)CC3)cc2)C=NN1C(C)CC. The number of aryl methyl sites for hydroxylation is 1. The molecule has 1 saturated heterocycles. The molecule has 7 rings (SSSR count). The van der Waals surface area contributed by atoms with E-state index < -0.39 is 0 Å². The average Bonchev–Trinajstić information content (AvgIpc) is 3.78. The first kappa shape index (κ1) is 31.1. The minimum absolute atomic E-state index is 0.344. The first-order valence-corrected chi connectivity index (χ1v) is 17.7. The van der Waals surface area contributed by atoms with Crippen LogP contribution in [0, 0.1) is 5.92 Å². The summed E-state index contributed by atoms with van der Waals surface area (Å²) in [5.74, 6) is 2.46. The third-order valence-corrected chi connectivity index (χ3v) is 10.8. The molecule has 0 radical (unpaired) electrons. The van der Waals surface area contributed by atoms with E-state index in [2.05, 4.69) is 143 Å². The van der Waals surface area contributed by atoms with Gasteiger partial charge >= 0.3 is 0 Å². The minimum atomic E-state index is 0.344. The van der Waals surface area contributed by atoms with E-state index in [1.165, 1.54) is 65.7 Å². The van der Waals surface area contributed by atoms with Gasteiger partial charge in [-0.15, -0.1) is 0 Å². The van der Waals surface area contributed by atoms with Crippen molar-refractivity contribution in [2.75, 3.05) is 40.9 Å². The van der Waals surface area contributed by atoms with Gasteiger partial charge in [-0.3, -0.25) is 4.90 Å². The largest absolute Gasteiger partial charge is 0.368 e. The van der Waals surface area contributed by atoms with Crippen molar-refractivity contribution in [1.29, 1.82) is 0 Å². The zero-order chi connectivity index (χ0) is 32.2. The summed E-state index contributed by atoms with van der Waals surface area (Å²) >= 11 is 0. The Morgan fingerprint density at radius 2 is 1.32 bits per heavy atom. The first-order chi connectivity index (χ1) is 23.1. The van der Waals surface area contributed by atoms with Gasteiger partial charge in [0, 0.05) is 43.2 Å². The Bertz CT molecular complexity index is 1640. The molecule has 2 unspecified atom stereocenters. The number of hydrazone groups is 1. The molecule has 4 aromatic rings. The van der Waals surface area contributed by atoms with E-state index in [4.69, 9.17) is 0 Å². The highest BCUT2D eigenvalue weighted by Crippen LogP contribution is 2.41. The van der Waals surface area contributed by atoms with E-state index in [9.17, 15) is 0 Å². The van der Waals surface area contributed by atoms with Crippen molar-refractivity contribution in [1.82, 2.24) is 5.01 Å². The van der Waals surface area contributed by atoms with Crippen molar-refractivity contribution >= 4 is 23.4 Å². The second-order valence-corrected chi connectivity index (χ2v) is 13.7. The van der Waals surface area contributed by atoms with Gasteiger partial charge in [0.05, 0.1) is 6.04 Å². The van der Waals surface area contributed by atoms with Gasteiger partial charge in [0.25, 0.3) is 0 Å². The van der Waals surface area contributed by atoms with Gasteiger partial charge in [-0.25, -0.2) is 5.01 Å². The molecule has 3 atom stereocenters. The number of benzene rings is 4. The van der Waals surface area contributed by atoms with Crippen molar-refractivity contribution in [3.05, 3.63) is 127 Å². The predicted molar refractivity (Wildman–Crippen MR) is 199 cm³/mol. The van der Waals surface area contributed by atoms with E-state index in [1.54, 1.807) is 0 Å². The number of hydrogen-bond donors (Lipinski definition) is 0. The van der Waals surface area contributed by atoms with Crippen molar-refractivity contribution in [2.24, 2.45) is 11.0 Å². The van der Waals surface area contributed by atoms with Crippen LogP contribution in [0.25, 0.3) is 11.1 Å². The highest BCUT2D eigenvalue weighted by atomic mass is 15.6. The number of anilines is 3. The fourth-order valence-electron chi connectivity index (χ4n) is 7.62. The van der Waals surface area contributed by atoms with E-state index >= 15 is 0 Å². The van der Waals surface area contributed by atoms with Crippen LogP contribution in [0.5, 0.6) is 0 Å². The molecule has 0 aromatic heterocycles. The van der Waals surface area contributed by atoms with Crippen LogP contribution in [0.15, 0.2) is 121 Å². The molecular weight excluding hydrogens is 574 g/mol. The van der Waals surface area contributed by atoms with Gasteiger partial charge in [0.15, 0.2) is 0 Å². The molecule has 0 spiro atoms. The monoisotopic (exact) mass is 623 g/mol. The zero-order valence-corrected chi connectivity index (χ0v) is 28.1. The van der Waals surface area contributed by atoms with E-state index in [0.717, 1.165) is 50.0 Å². The third-order valence-electron chi connectivity index (χ3n) is 10.8. The molecule has 2 heterocycles. The summed E-state index contributed by atoms with van der Waals surface area (Å²) in [7, 11) is 0. The highest BCUT2D eigenvalue weighted by molar-refractivity contribution is 5.85. The van der Waals surface area contributed by atoms with Crippen molar-refractivity contribution < 1.29 is 0 Å². The van der Waals surface area contributed by atoms with Crippen LogP contribution in [-0.2, 0) is 6.42 Å². The second kappa shape index (κ2) is 14.1. The van der Waals surface area contributed by atoms with Crippen LogP contribution >= 0.6 is 0 Å². The first-order valence-electron chi connectivity index (χ1n) is 17.7. The standard InChI is InChI=1S/C42H49N5/c1-4-32(2)47-33(3)46(31-43-47)42-24-22-41(23-25-42)45-28-26-44(27-29-45)40-20-13-34(14-21-40)10-11-35-12-15-39(30-35)38-18-16-37(17-19-38)36-8-6-5-7-9-36/h5-9,13-14,16-25,31-32,35,39H,3-4,10-12,15,26-30H2,1-2H3/t32?,35-,39?/m1/s1. The van der Waals surface area contributed by atoms with Crippen LogP contribution in [0.1, 0.15) is 63.0 Å². The third kappa shape index (κ3) is 6.95. The molecule has 2 fully saturated rings. The molecule has 1 aliphatic carbocycles. The second-order valence-electron chi connectivity index (χ2n) is 13.7.